The molecular weight excluding hydrogens is 207 g/mol. The van der Waals surface area contributed by atoms with E-state index in [1.807, 2.05) is 4.90 Å². The van der Waals surface area contributed by atoms with Gasteiger partial charge in [-0.3, -0.25) is 4.79 Å². The van der Waals surface area contributed by atoms with Gasteiger partial charge in [-0.25, -0.2) is 4.39 Å². The van der Waals surface area contributed by atoms with E-state index in [9.17, 15) is 9.18 Å². The summed E-state index contributed by atoms with van der Waals surface area (Å²) in [6, 6.07) is 4.73. The van der Waals surface area contributed by atoms with Crippen molar-refractivity contribution in [3.05, 3.63) is 29.6 Å². The minimum absolute atomic E-state index is 0.145. The van der Waals surface area contributed by atoms with Crippen molar-refractivity contribution in [1.82, 2.24) is 0 Å². The van der Waals surface area contributed by atoms with Crippen molar-refractivity contribution in [3.8, 4) is 0 Å². The zero-order valence-electron chi connectivity index (χ0n) is 9.08. The molecular formula is C12H15FN2O. The monoisotopic (exact) mass is 222 g/mol. The second-order valence-electron chi connectivity index (χ2n) is 3.96. The Bertz CT molecular complexity index is 400. The lowest BCUT2D eigenvalue weighted by Crippen LogP contribution is -2.24. The number of rotatable bonds is 3. The lowest BCUT2D eigenvalue weighted by molar-refractivity contribution is 0.0998. The van der Waals surface area contributed by atoms with Crippen molar-refractivity contribution >= 4 is 11.5 Å². The number of carbonyl (C=O) groups excluding carboxylic acids is 1. The maximum atomic E-state index is 13.6. The van der Waals surface area contributed by atoms with Crippen LogP contribution in [0.4, 0.5) is 10.1 Å². The van der Waals surface area contributed by atoms with Gasteiger partial charge in [0, 0.05) is 13.1 Å². The molecule has 3 nitrogen and oxygen atoms in total. The molecule has 16 heavy (non-hydrogen) atoms. The SMILES string of the molecule is NCC(=O)c1c(F)cccc1N1CCCC1. The van der Waals surface area contributed by atoms with E-state index < -0.39 is 5.82 Å². The fourth-order valence-corrected chi connectivity index (χ4v) is 2.11. The third kappa shape index (κ3) is 1.93. The molecule has 0 bridgehead atoms. The largest absolute Gasteiger partial charge is 0.371 e. The summed E-state index contributed by atoms with van der Waals surface area (Å²) in [5.74, 6) is -0.806. The van der Waals surface area contributed by atoms with Crippen molar-refractivity contribution in [2.45, 2.75) is 12.8 Å². The van der Waals surface area contributed by atoms with Crippen LogP contribution < -0.4 is 10.6 Å². The molecule has 0 saturated carbocycles. The molecule has 2 rings (SSSR count). The fourth-order valence-electron chi connectivity index (χ4n) is 2.11. The highest BCUT2D eigenvalue weighted by atomic mass is 19.1. The predicted octanol–water partition coefficient (Wildman–Crippen LogP) is 1.57. The zero-order chi connectivity index (χ0) is 11.5. The smallest absolute Gasteiger partial charge is 0.181 e. The molecule has 1 aliphatic rings. The highest BCUT2D eigenvalue weighted by Gasteiger charge is 2.21. The van der Waals surface area contributed by atoms with E-state index in [0.717, 1.165) is 25.9 Å². The van der Waals surface area contributed by atoms with E-state index in [0.29, 0.717) is 5.69 Å². The Morgan fingerprint density at radius 2 is 2.06 bits per heavy atom. The molecule has 1 aliphatic heterocycles. The first kappa shape index (κ1) is 11.1. The third-order valence-electron chi connectivity index (χ3n) is 2.90. The van der Waals surface area contributed by atoms with Crippen molar-refractivity contribution < 1.29 is 9.18 Å². The van der Waals surface area contributed by atoms with Crippen LogP contribution in [0.5, 0.6) is 0 Å². The van der Waals surface area contributed by atoms with Gasteiger partial charge in [-0.2, -0.15) is 0 Å². The lowest BCUT2D eigenvalue weighted by Gasteiger charge is -2.20. The lowest BCUT2D eigenvalue weighted by atomic mass is 10.1. The Hall–Kier alpha value is -1.42. The summed E-state index contributed by atoms with van der Waals surface area (Å²) in [5.41, 5.74) is 6.14. The average Bonchev–Trinajstić information content (AvgIpc) is 2.81. The highest BCUT2D eigenvalue weighted by molar-refractivity contribution is 6.02. The van der Waals surface area contributed by atoms with Crippen molar-refractivity contribution in [2.75, 3.05) is 24.5 Å². The zero-order valence-corrected chi connectivity index (χ0v) is 9.08. The van der Waals surface area contributed by atoms with Gasteiger partial charge in [-0.1, -0.05) is 6.07 Å². The molecule has 1 saturated heterocycles. The second-order valence-corrected chi connectivity index (χ2v) is 3.96. The number of ketones is 1. The molecule has 1 aromatic rings. The van der Waals surface area contributed by atoms with E-state index >= 15 is 0 Å². The van der Waals surface area contributed by atoms with Gasteiger partial charge >= 0.3 is 0 Å². The topological polar surface area (TPSA) is 46.3 Å². The van der Waals surface area contributed by atoms with Crippen molar-refractivity contribution in [1.29, 1.82) is 0 Å². The summed E-state index contributed by atoms with van der Waals surface area (Å²) < 4.78 is 13.6. The van der Waals surface area contributed by atoms with Gasteiger partial charge in [-0.15, -0.1) is 0 Å². The summed E-state index contributed by atoms with van der Waals surface area (Å²) in [7, 11) is 0. The molecule has 1 heterocycles. The maximum Gasteiger partial charge on any atom is 0.181 e. The molecule has 1 fully saturated rings. The maximum absolute atomic E-state index is 13.6. The molecule has 1 aromatic carbocycles. The summed E-state index contributed by atoms with van der Waals surface area (Å²) in [6.45, 7) is 1.62. The third-order valence-corrected chi connectivity index (χ3v) is 2.90. The number of nitrogens with zero attached hydrogens (tertiary/aromatic N) is 1. The number of Topliss-reactive ketones (excluding diaryl/α,β-unsaturated/α-hetero) is 1. The van der Waals surface area contributed by atoms with Crippen LogP contribution in [0.2, 0.25) is 0 Å². The standard InChI is InChI=1S/C12H15FN2O/c13-9-4-3-5-10(12(9)11(16)8-14)15-6-1-2-7-15/h3-5H,1-2,6-8,14H2. The Labute approximate surface area is 94.0 Å². The minimum Gasteiger partial charge on any atom is -0.371 e. The van der Waals surface area contributed by atoms with E-state index in [-0.39, 0.29) is 17.9 Å². The molecule has 0 radical (unpaired) electrons. The second kappa shape index (κ2) is 4.61. The first-order valence-electron chi connectivity index (χ1n) is 5.50. The highest BCUT2D eigenvalue weighted by Crippen LogP contribution is 2.26. The number of hydrogen-bond donors (Lipinski definition) is 1. The molecule has 0 unspecified atom stereocenters. The van der Waals surface area contributed by atoms with Crippen LogP contribution in [-0.4, -0.2) is 25.4 Å². The molecule has 0 aromatic heterocycles. The summed E-state index contributed by atoms with van der Waals surface area (Å²) >= 11 is 0. The molecule has 0 spiro atoms. The molecule has 4 heteroatoms. The van der Waals surface area contributed by atoms with E-state index in [4.69, 9.17) is 5.73 Å². The van der Waals surface area contributed by atoms with Gasteiger partial charge in [0.05, 0.1) is 17.8 Å². The van der Waals surface area contributed by atoms with Crippen LogP contribution in [0.25, 0.3) is 0 Å². The van der Waals surface area contributed by atoms with E-state index in [2.05, 4.69) is 0 Å². The van der Waals surface area contributed by atoms with Crippen LogP contribution in [-0.2, 0) is 0 Å². The number of benzene rings is 1. The van der Waals surface area contributed by atoms with Crippen LogP contribution in [0.3, 0.4) is 0 Å². The first-order valence-corrected chi connectivity index (χ1v) is 5.50. The van der Waals surface area contributed by atoms with Gasteiger partial charge in [0.1, 0.15) is 5.82 Å². The quantitative estimate of drug-likeness (QED) is 0.789. The average molecular weight is 222 g/mol. The predicted molar refractivity (Wildman–Crippen MR) is 61.2 cm³/mol. The normalized spacial score (nSPS) is 15.5. The minimum atomic E-state index is -0.472. The summed E-state index contributed by atoms with van der Waals surface area (Å²) in [4.78, 5) is 13.7. The van der Waals surface area contributed by atoms with Crippen LogP contribution in [0.1, 0.15) is 23.2 Å². The summed E-state index contributed by atoms with van der Waals surface area (Å²) in [5, 5.41) is 0. The molecule has 2 N–H and O–H groups in total. The molecule has 0 atom stereocenters. The molecule has 0 amide bonds. The number of anilines is 1. The molecule has 0 aliphatic carbocycles. The Kier molecular flexibility index (Phi) is 3.19. The van der Waals surface area contributed by atoms with Crippen molar-refractivity contribution in [3.63, 3.8) is 0 Å². The van der Waals surface area contributed by atoms with E-state index in [1.165, 1.54) is 6.07 Å². The van der Waals surface area contributed by atoms with Crippen LogP contribution >= 0.6 is 0 Å². The van der Waals surface area contributed by atoms with Gasteiger partial charge in [-0.05, 0) is 25.0 Å². The fraction of sp³-hybridized carbons (Fsp3) is 0.417. The van der Waals surface area contributed by atoms with E-state index in [1.54, 1.807) is 12.1 Å². The number of nitrogens with two attached hydrogens (primary N) is 1. The Morgan fingerprint density at radius 1 is 1.38 bits per heavy atom. The Morgan fingerprint density at radius 3 is 2.69 bits per heavy atom. The van der Waals surface area contributed by atoms with Gasteiger partial charge in [0.25, 0.3) is 0 Å². The Balaban J connectivity index is 2.43. The van der Waals surface area contributed by atoms with Gasteiger partial charge < -0.3 is 10.6 Å². The summed E-state index contributed by atoms with van der Waals surface area (Å²) in [6.07, 6.45) is 2.18. The molecule has 86 valence electrons. The van der Waals surface area contributed by atoms with Crippen LogP contribution in [0, 0.1) is 5.82 Å². The van der Waals surface area contributed by atoms with Crippen LogP contribution in [0.15, 0.2) is 18.2 Å². The number of carbonyl (C=O) groups is 1. The number of halogens is 1. The van der Waals surface area contributed by atoms with Crippen molar-refractivity contribution in [2.24, 2.45) is 5.73 Å². The first-order chi connectivity index (χ1) is 7.74. The van der Waals surface area contributed by atoms with Gasteiger partial charge in [0.15, 0.2) is 5.78 Å². The number of hydrogen-bond acceptors (Lipinski definition) is 3. The van der Waals surface area contributed by atoms with Gasteiger partial charge in [0.2, 0.25) is 0 Å².